The van der Waals surface area contributed by atoms with Gasteiger partial charge in [-0.1, -0.05) is 42.5 Å². The van der Waals surface area contributed by atoms with Gasteiger partial charge in [-0.3, -0.25) is 4.79 Å². The summed E-state index contributed by atoms with van der Waals surface area (Å²) >= 11 is 0. The third-order valence-electron chi connectivity index (χ3n) is 3.64. The molecule has 0 saturated heterocycles. The first kappa shape index (κ1) is 17.4. The van der Waals surface area contributed by atoms with Crippen LogP contribution in [0.15, 0.2) is 72.8 Å². The van der Waals surface area contributed by atoms with Gasteiger partial charge in [-0.15, -0.1) is 0 Å². The maximum Gasteiger partial charge on any atom is 0.331 e. The Kier molecular flexibility index (Phi) is 5.39. The lowest BCUT2D eigenvalue weighted by atomic mass is 10.1. The number of anilines is 1. The maximum absolute atomic E-state index is 13.0. The fourth-order valence-corrected chi connectivity index (χ4v) is 2.42. The molecule has 0 saturated carbocycles. The highest BCUT2D eigenvalue weighted by atomic mass is 19.1. The van der Waals surface area contributed by atoms with Crippen LogP contribution in [0.1, 0.15) is 5.56 Å². The van der Waals surface area contributed by atoms with E-state index in [2.05, 4.69) is 5.32 Å². The molecule has 3 aromatic carbocycles. The number of carbonyl (C=O) groups is 2. The minimum absolute atomic E-state index is 0.393. The second-order valence-corrected chi connectivity index (χ2v) is 5.61. The number of hydrogen-bond donors (Lipinski definition) is 1. The number of fused-ring (bicyclic) bond motifs is 1. The second-order valence-electron chi connectivity index (χ2n) is 5.61. The van der Waals surface area contributed by atoms with E-state index >= 15 is 0 Å². The number of ether oxygens (including phenoxy) is 1. The summed E-state index contributed by atoms with van der Waals surface area (Å²) in [6.45, 7) is -0.404. The van der Waals surface area contributed by atoms with Crippen LogP contribution in [0.2, 0.25) is 0 Å². The molecule has 3 aromatic rings. The molecule has 130 valence electrons. The van der Waals surface area contributed by atoms with E-state index in [-0.39, 0.29) is 0 Å². The van der Waals surface area contributed by atoms with Gasteiger partial charge in [0.25, 0.3) is 5.91 Å². The highest BCUT2D eigenvalue weighted by molar-refractivity contribution is 5.96. The van der Waals surface area contributed by atoms with Crippen LogP contribution in [0.3, 0.4) is 0 Å². The van der Waals surface area contributed by atoms with Crippen molar-refractivity contribution in [3.05, 3.63) is 84.2 Å². The topological polar surface area (TPSA) is 55.4 Å². The van der Waals surface area contributed by atoms with E-state index in [0.29, 0.717) is 11.3 Å². The Balaban J connectivity index is 1.52. The van der Waals surface area contributed by atoms with Crippen molar-refractivity contribution in [3.8, 4) is 0 Å². The molecule has 0 unspecified atom stereocenters. The van der Waals surface area contributed by atoms with E-state index in [4.69, 9.17) is 4.74 Å². The van der Waals surface area contributed by atoms with Gasteiger partial charge < -0.3 is 10.1 Å². The Morgan fingerprint density at radius 1 is 0.962 bits per heavy atom. The van der Waals surface area contributed by atoms with E-state index in [1.165, 1.54) is 24.3 Å². The molecule has 4 nitrogen and oxygen atoms in total. The molecule has 0 heterocycles. The number of carbonyl (C=O) groups excluding carboxylic acids is 2. The summed E-state index contributed by atoms with van der Waals surface area (Å²) in [7, 11) is 0. The summed E-state index contributed by atoms with van der Waals surface area (Å²) in [6.07, 6.45) is 2.57. The number of halogens is 1. The summed E-state index contributed by atoms with van der Waals surface area (Å²) in [6, 6.07) is 19.1. The first-order valence-corrected chi connectivity index (χ1v) is 7.99. The fourth-order valence-electron chi connectivity index (χ4n) is 2.42. The van der Waals surface area contributed by atoms with Crippen LogP contribution in [-0.4, -0.2) is 18.5 Å². The molecular weight excluding hydrogens is 333 g/mol. The van der Waals surface area contributed by atoms with Gasteiger partial charge in [0.05, 0.1) is 0 Å². The standard InChI is InChI=1S/C21H16FNO3/c22-18-7-3-4-15(12-18)8-11-21(25)26-14-20(24)23-19-10-9-16-5-1-2-6-17(16)13-19/h1-13H,14H2,(H,23,24). The van der Waals surface area contributed by atoms with E-state index in [1.807, 2.05) is 36.4 Å². The van der Waals surface area contributed by atoms with Gasteiger partial charge >= 0.3 is 5.97 Å². The van der Waals surface area contributed by atoms with Crippen LogP contribution >= 0.6 is 0 Å². The molecular formula is C21H16FNO3. The summed E-state index contributed by atoms with van der Waals surface area (Å²) in [4.78, 5) is 23.6. The van der Waals surface area contributed by atoms with Crippen LogP contribution < -0.4 is 5.32 Å². The average molecular weight is 349 g/mol. The lowest BCUT2D eigenvalue weighted by Crippen LogP contribution is -2.20. The smallest absolute Gasteiger partial charge is 0.331 e. The molecule has 26 heavy (non-hydrogen) atoms. The summed E-state index contributed by atoms with van der Waals surface area (Å²) in [5.41, 5.74) is 1.16. The van der Waals surface area contributed by atoms with Crippen molar-refractivity contribution < 1.29 is 18.7 Å². The lowest BCUT2D eigenvalue weighted by molar-refractivity contribution is -0.142. The molecule has 0 fully saturated rings. The van der Waals surface area contributed by atoms with Crippen LogP contribution in [0.5, 0.6) is 0 Å². The minimum Gasteiger partial charge on any atom is -0.452 e. The van der Waals surface area contributed by atoms with Gasteiger partial charge in [-0.05, 0) is 46.7 Å². The van der Waals surface area contributed by atoms with E-state index in [9.17, 15) is 14.0 Å². The predicted octanol–water partition coefficient (Wildman–Crippen LogP) is 4.17. The number of amides is 1. The number of esters is 1. The van der Waals surface area contributed by atoms with Crippen molar-refractivity contribution in [1.29, 1.82) is 0 Å². The second kappa shape index (κ2) is 8.07. The SMILES string of the molecule is O=C(COC(=O)C=Cc1cccc(F)c1)Nc1ccc2ccccc2c1. The Labute approximate surface area is 149 Å². The zero-order chi connectivity index (χ0) is 18.4. The van der Waals surface area contributed by atoms with Crippen LogP contribution in [0.4, 0.5) is 10.1 Å². The normalized spacial score (nSPS) is 10.8. The molecule has 1 N–H and O–H groups in total. The lowest BCUT2D eigenvalue weighted by Gasteiger charge is -2.06. The van der Waals surface area contributed by atoms with Gasteiger partial charge in [0, 0.05) is 11.8 Å². The molecule has 0 aromatic heterocycles. The molecule has 0 aliphatic heterocycles. The Bertz CT molecular complexity index is 982. The van der Waals surface area contributed by atoms with Crippen molar-refractivity contribution in [2.24, 2.45) is 0 Å². The summed E-state index contributed by atoms with van der Waals surface area (Å²) in [5, 5.41) is 4.75. The fraction of sp³-hybridized carbons (Fsp3) is 0.0476. The molecule has 5 heteroatoms. The molecule has 0 spiro atoms. The average Bonchev–Trinajstić information content (AvgIpc) is 2.65. The highest BCUT2D eigenvalue weighted by Crippen LogP contribution is 2.18. The number of hydrogen-bond acceptors (Lipinski definition) is 3. The van der Waals surface area contributed by atoms with Crippen molar-refractivity contribution >= 4 is 34.4 Å². The van der Waals surface area contributed by atoms with Crippen LogP contribution in [-0.2, 0) is 14.3 Å². The first-order valence-electron chi connectivity index (χ1n) is 7.99. The quantitative estimate of drug-likeness (QED) is 0.555. The monoisotopic (exact) mass is 349 g/mol. The van der Waals surface area contributed by atoms with Gasteiger partial charge in [0.2, 0.25) is 0 Å². The molecule has 1 amide bonds. The van der Waals surface area contributed by atoms with Gasteiger partial charge in [0.15, 0.2) is 6.61 Å². The summed E-state index contributed by atoms with van der Waals surface area (Å²) in [5.74, 6) is -1.51. The van der Waals surface area contributed by atoms with E-state index in [1.54, 1.807) is 12.1 Å². The Hall–Kier alpha value is -3.47. The largest absolute Gasteiger partial charge is 0.452 e. The highest BCUT2D eigenvalue weighted by Gasteiger charge is 2.06. The molecule has 3 rings (SSSR count). The number of rotatable bonds is 5. The van der Waals surface area contributed by atoms with Crippen molar-refractivity contribution in [2.75, 3.05) is 11.9 Å². The van der Waals surface area contributed by atoms with Crippen molar-refractivity contribution in [3.63, 3.8) is 0 Å². The predicted molar refractivity (Wildman–Crippen MR) is 99.0 cm³/mol. The van der Waals surface area contributed by atoms with Crippen LogP contribution in [0, 0.1) is 5.82 Å². The molecule has 0 atom stereocenters. The van der Waals surface area contributed by atoms with Gasteiger partial charge in [-0.2, -0.15) is 0 Å². The summed E-state index contributed by atoms with van der Waals surface area (Å²) < 4.78 is 17.9. The third-order valence-corrected chi connectivity index (χ3v) is 3.64. The molecule has 0 bridgehead atoms. The van der Waals surface area contributed by atoms with Crippen molar-refractivity contribution in [1.82, 2.24) is 0 Å². The zero-order valence-corrected chi connectivity index (χ0v) is 13.8. The third kappa shape index (κ3) is 4.77. The van der Waals surface area contributed by atoms with E-state index < -0.39 is 24.3 Å². The zero-order valence-electron chi connectivity index (χ0n) is 13.8. The van der Waals surface area contributed by atoms with E-state index in [0.717, 1.165) is 16.8 Å². The minimum atomic E-state index is -0.678. The first-order chi connectivity index (χ1) is 12.6. The van der Waals surface area contributed by atoms with Crippen LogP contribution in [0.25, 0.3) is 16.8 Å². The Morgan fingerprint density at radius 2 is 1.77 bits per heavy atom. The maximum atomic E-state index is 13.0. The number of nitrogens with one attached hydrogen (secondary N) is 1. The van der Waals surface area contributed by atoms with Gasteiger partial charge in [-0.25, -0.2) is 9.18 Å². The Morgan fingerprint density at radius 3 is 2.58 bits per heavy atom. The number of benzene rings is 3. The van der Waals surface area contributed by atoms with Crippen molar-refractivity contribution in [2.45, 2.75) is 0 Å². The molecule has 0 radical (unpaired) electrons. The van der Waals surface area contributed by atoms with Gasteiger partial charge in [0.1, 0.15) is 5.82 Å². The molecule has 0 aliphatic carbocycles. The molecule has 0 aliphatic rings.